The highest BCUT2D eigenvalue weighted by molar-refractivity contribution is 7.09. The summed E-state index contributed by atoms with van der Waals surface area (Å²) in [6.07, 6.45) is 1.21. The minimum absolute atomic E-state index is 0.410. The second-order valence-corrected chi connectivity index (χ2v) is 5.60. The first kappa shape index (κ1) is 14.6. The molecule has 0 aliphatic rings. The maximum Gasteiger partial charge on any atom is 0.0798 e. The van der Waals surface area contributed by atoms with Crippen molar-refractivity contribution >= 4 is 11.3 Å². The van der Waals surface area contributed by atoms with Gasteiger partial charge in [0.15, 0.2) is 0 Å². The van der Waals surface area contributed by atoms with Crippen molar-refractivity contribution in [1.29, 1.82) is 0 Å². The van der Waals surface area contributed by atoms with Crippen molar-refractivity contribution in [2.24, 2.45) is 0 Å². The summed E-state index contributed by atoms with van der Waals surface area (Å²) in [5.41, 5.74) is 3.08. The molecule has 1 aromatic heterocycles. The number of rotatable bonds is 7. The third-order valence-corrected chi connectivity index (χ3v) is 4.55. The Morgan fingerprint density at radius 2 is 2.18 bits per heavy atom. The fourth-order valence-electron chi connectivity index (χ4n) is 1.81. The van der Waals surface area contributed by atoms with Gasteiger partial charge in [-0.2, -0.15) is 0 Å². The maximum atomic E-state index is 4.29. The van der Waals surface area contributed by atoms with Gasteiger partial charge in [-0.05, 0) is 34.2 Å². The Bertz CT molecular complexity index is 324. The van der Waals surface area contributed by atoms with Gasteiger partial charge >= 0.3 is 0 Å². The van der Waals surface area contributed by atoms with Crippen LogP contribution in [-0.4, -0.2) is 36.1 Å². The molecule has 0 fully saturated rings. The molecule has 4 heteroatoms. The molecule has 1 N–H and O–H groups in total. The molecule has 2 unspecified atom stereocenters. The predicted octanol–water partition coefficient (Wildman–Crippen LogP) is 2.83. The maximum absolute atomic E-state index is 4.29. The van der Waals surface area contributed by atoms with Crippen LogP contribution in [-0.2, 0) is 0 Å². The number of hydrogen-bond donors (Lipinski definition) is 1. The fraction of sp³-hybridized carbons (Fsp3) is 0.769. The molecule has 3 nitrogen and oxygen atoms in total. The van der Waals surface area contributed by atoms with Crippen LogP contribution >= 0.6 is 11.3 Å². The van der Waals surface area contributed by atoms with Crippen LogP contribution in [0.1, 0.15) is 43.8 Å². The van der Waals surface area contributed by atoms with Gasteiger partial charge < -0.3 is 10.2 Å². The van der Waals surface area contributed by atoms with E-state index in [2.05, 4.69) is 49.9 Å². The zero-order valence-electron chi connectivity index (χ0n) is 11.7. The number of aryl methyl sites for hydroxylation is 1. The number of nitrogens with zero attached hydrogens (tertiary/aromatic N) is 2. The van der Waals surface area contributed by atoms with Gasteiger partial charge in [0.05, 0.1) is 11.2 Å². The van der Waals surface area contributed by atoms with Crippen LogP contribution in [0.25, 0.3) is 0 Å². The SMILES string of the molecule is CCC(C)N(C)CCNC(C)c1scnc1C. The monoisotopic (exact) mass is 255 g/mol. The van der Waals surface area contributed by atoms with Crippen LogP contribution < -0.4 is 5.32 Å². The standard InChI is InChI=1S/C13H25N3S/c1-6-10(2)16(5)8-7-14-11(3)13-12(4)15-9-17-13/h9-11,14H,6-8H2,1-5H3. The summed E-state index contributed by atoms with van der Waals surface area (Å²) in [5, 5.41) is 3.56. The highest BCUT2D eigenvalue weighted by Crippen LogP contribution is 2.20. The fourth-order valence-corrected chi connectivity index (χ4v) is 2.64. The number of likely N-dealkylation sites (N-methyl/N-ethyl adjacent to an activating group) is 1. The quantitative estimate of drug-likeness (QED) is 0.812. The molecule has 0 bridgehead atoms. The molecule has 0 radical (unpaired) electrons. The molecule has 0 amide bonds. The molecule has 2 atom stereocenters. The second kappa shape index (κ2) is 7.09. The van der Waals surface area contributed by atoms with Gasteiger partial charge in [0, 0.05) is 30.1 Å². The van der Waals surface area contributed by atoms with E-state index in [0.717, 1.165) is 18.8 Å². The average molecular weight is 255 g/mol. The Labute approximate surface area is 109 Å². The molecule has 0 saturated carbocycles. The summed E-state index contributed by atoms with van der Waals surface area (Å²) in [6, 6.07) is 1.07. The van der Waals surface area contributed by atoms with Crippen LogP contribution in [0.4, 0.5) is 0 Å². The number of aromatic nitrogens is 1. The van der Waals surface area contributed by atoms with Gasteiger partial charge in [-0.15, -0.1) is 11.3 Å². The molecule has 0 aliphatic heterocycles. The molecule has 0 saturated heterocycles. The van der Waals surface area contributed by atoms with E-state index in [0.29, 0.717) is 12.1 Å². The van der Waals surface area contributed by atoms with Crippen LogP contribution in [0, 0.1) is 6.92 Å². The Morgan fingerprint density at radius 1 is 1.47 bits per heavy atom. The van der Waals surface area contributed by atoms with Crippen molar-refractivity contribution in [2.45, 2.75) is 46.2 Å². The van der Waals surface area contributed by atoms with Gasteiger partial charge in [0.2, 0.25) is 0 Å². The number of thiazole rings is 1. The summed E-state index contributed by atoms with van der Waals surface area (Å²) in [4.78, 5) is 8.05. The molecule has 98 valence electrons. The minimum atomic E-state index is 0.410. The summed E-state index contributed by atoms with van der Waals surface area (Å²) >= 11 is 1.74. The van der Waals surface area contributed by atoms with E-state index in [1.54, 1.807) is 11.3 Å². The third kappa shape index (κ3) is 4.37. The highest BCUT2D eigenvalue weighted by atomic mass is 32.1. The molecular formula is C13H25N3S. The smallest absolute Gasteiger partial charge is 0.0798 e. The summed E-state index contributed by atoms with van der Waals surface area (Å²) < 4.78 is 0. The lowest BCUT2D eigenvalue weighted by Gasteiger charge is -2.24. The lowest BCUT2D eigenvalue weighted by molar-refractivity contribution is 0.249. The van der Waals surface area contributed by atoms with E-state index in [-0.39, 0.29) is 0 Å². The zero-order valence-corrected chi connectivity index (χ0v) is 12.5. The zero-order chi connectivity index (χ0) is 12.8. The molecule has 0 spiro atoms. The van der Waals surface area contributed by atoms with Crippen molar-refractivity contribution in [3.8, 4) is 0 Å². The molecule has 1 rings (SSSR count). The third-order valence-electron chi connectivity index (χ3n) is 3.43. The van der Waals surface area contributed by atoms with E-state index in [1.807, 2.05) is 5.51 Å². The van der Waals surface area contributed by atoms with Crippen LogP contribution in [0.3, 0.4) is 0 Å². The van der Waals surface area contributed by atoms with Crippen molar-refractivity contribution in [2.75, 3.05) is 20.1 Å². The predicted molar refractivity (Wildman–Crippen MR) is 75.7 cm³/mol. The average Bonchev–Trinajstić information content (AvgIpc) is 2.74. The molecule has 1 aromatic rings. The number of hydrogen-bond acceptors (Lipinski definition) is 4. The molecule has 0 aromatic carbocycles. The summed E-state index contributed by atoms with van der Waals surface area (Å²) in [5.74, 6) is 0. The van der Waals surface area contributed by atoms with E-state index < -0.39 is 0 Å². The van der Waals surface area contributed by atoms with Crippen molar-refractivity contribution in [3.63, 3.8) is 0 Å². The van der Waals surface area contributed by atoms with Gasteiger partial charge in [-0.1, -0.05) is 6.92 Å². The highest BCUT2D eigenvalue weighted by Gasteiger charge is 2.11. The van der Waals surface area contributed by atoms with Gasteiger partial charge in [-0.3, -0.25) is 0 Å². The molecular weight excluding hydrogens is 230 g/mol. The lowest BCUT2D eigenvalue weighted by Crippen LogP contribution is -2.35. The van der Waals surface area contributed by atoms with E-state index in [1.165, 1.54) is 11.3 Å². The Balaban J connectivity index is 2.30. The number of nitrogens with one attached hydrogen (secondary N) is 1. The normalized spacial score (nSPS) is 15.2. The van der Waals surface area contributed by atoms with Crippen LogP contribution in [0.15, 0.2) is 5.51 Å². The summed E-state index contributed by atoms with van der Waals surface area (Å²) in [6.45, 7) is 10.9. The second-order valence-electron chi connectivity index (χ2n) is 4.72. The summed E-state index contributed by atoms with van der Waals surface area (Å²) in [7, 11) is 2.19. The largest absolute Gasteiger partial charge is 0.308 e. The Hall–Kier alpha value is -0.450. The van der Waals surface area contributed by atoms with Crippen LogP contribution in [0.5, 0.6) is 0 Å². The molecule has 17 heavy (non-hydrogen) atoms. The minimum Gasteiger partial charge on any atom is -0.308 e. The lowest BCUT2D eigenvalue weighted by atomic mass is 10.2. The van der Waals surface area contributed by atoms with E-state index in [9.17, 15) is 0 Å². The van der Waals surface area contributed by atoms with Gasteiger partial charge in [0.1, 0.15) is 0 Å². The van der Waals surface area contributed by atoms with E-state index >= 15 is 0 Å². The van der Waals surface area contributed by atoms with Gasteiger partial charge in [-0.25, -0.2) is 4.98 Å². The van der Waals surface area contributed by atoms with Crippen molar-refractivity contribution in [1.82, 2.24) is 15.2 Å². The van der Waals surface area contributed by atoms with Crippen molar-refractivity contribution < 1.29 is 0 Å². The Morgan fingerprint density at radius 3 is 2.71 bits per heavy atom. The molecule has 1 heterocycles. The Kier molecular flexibility index (Phi) is 6.09. The first-order valence-corrected chi connectivity index (χ1v) is 7.27. The van der Waals surface area contributed by atoms with Gasteiger partial charge in [0.25, 0.3) is 0 Å². The first-order chi connectivity index (χ1) is 8.06. The van der Waals surface area contributed by atoms with E-state index in [4.69, 9.17) is 0 Å². The molecule has 0 aliphatic carbocycles. The van der Waals surface area contributed by atoms with Crippen molar-refractivity contribution in [3.05, 3.63) is 16.1 Å². The topological polar surface area (TPSA) is 28.2 Å². The van der Waals surface area contributed by atoms with Crippen LogP contribution in [0.2, 0.25) is 0 Å². The first-order valence-electron chi connectivity index (χ1n) is 6.39.